The minimum Gasteiger partial charge on any atom is -0.453 e. The van der Waals surface area contributed by atoms with Crippen molar-refractivity contribution in [1.82, 2.24) is 5.32 Å². The number of alkyl carbamates (subject to hydrolysis) is 1. The largest absolute Gasteiger partial charge is 0.453 e. The van der Waals surface area contributed by atoms with Crippen LogP contribution >= 0.6 is 0 Å². The second kappa shape index (κ2) is 3.13. The fourth-order valence-electron chi connectivity index (χ4n) is 4.75. The average Bonchev–Trinajstić information content (AvgIpc) is 2.12. The van der Waals surface area contributed by atoms with Gasteiger partial charge in [0.05, 0.1) is 7.11 Å². The van der Waals surface area contributed by atoms with Crippen LogP contribution in [0.3, 0.4) is 0 Å². The number of amides is 1. The molecule has 4 rings (SSSR count). The number of carbonyl (C=O) groups is 1. The molecule has 4 aliphatic carbocycles. The van der Waals surface area contributed by atoms with Crippen LogP contribution in [0.2, 0.25) is 0 Å². The van der Waals surface area contributed by atoms with Gasteiger partial charge in [0.15, 0.2) is 0 Å². The third-order valence-electron chi connectivity index (χ3n) is 4.66. The molecule has 16 heavy (non-hydrogen) atoms. The number of nitrogens with two attached hydrogens (primary N) is 1. The van der Waals surface area contributed by atoms with Gasteiger partial charge in [-0.25, -0.2) is 4.79 Å². The maximum atomic E-state index is 11.4. The standard InChI is InChI=1S/C12H20N2O2/c1-16-10(15)14-12-5-8-2-9(6-12)4-11(13,3-8)7-12/h8-9H,2-7,13H2,1H3,(H,14,15). The van der Waals surface area contributed by atoms with Crippen LogP contribution < -0.4 is 11.1 Å². The van der Waals surface area contributed by atoms with E-state index < -0.39 is 0 Å². The smallest absolute Gasteiger partial charge is 0.407 e. The van der Waals surface area contributed by atoms with E-state index in [2.05, 4.69) is 5.32 Å². The molecule has 4 heteroatoms. The van der Waals surface area contributed by atoms with Gasteiger partial charge in [0.1, 0.15) is 0 Å². The summed E-state index contributed by atoms with van der Waals surface area (Å²) in [5.74, 6) is 1.42. The van der Waals surface area contributed by atoms with Gasteiger partial charge < -0.3 is 15.8 Å². The van der Waals surface area contributed by atoms with E-state index in [4.69, 9.17) is 10.5 Å². The Bertz CT molecular complexity index is 315. The molecule has 0 saturated heterocycles. The lowest BCUT2D eigenvalue weighted by molar-refractivity contribution is -0.0333. The number of hydrogen-bond acceptors (Lipinski definition) is 3. The highest BCUT2D eigenvalue weighted by molar-refractivity contribution is 5.68. The number of methoxy groups -OCH3 is 1. The first-order valence-corrected chi connectivity index (χ1v) is 6.18. The van der Waals surface area contributed by atoms with Gasteiger partial charge in [-0.3, -0.25) is 0 Å². The van der Waals surface area contributed by atoms with E-state index in [1.807, 2.05) is 0 Å². The summed E-state index contributed by atoms with van der Waals surface area (Å²) in [5.41, 5.74) is 6.34. The van der Waals surface area contributed by atoms with Crippen LogP contribution in [0, 0.1) is 11.8 Å². The van der Waals surface area contributed by atoms with Crippen molar-refractivity contribution in [2.24, 2.45) is 17.6 Å². The van der Waals surface area contributed by atoms with Crippen molar-refractivity contribution in [2.45, 2.75) is 49.6 Å². The molecule has 0 aromatic rings. The summed E-state index contributed by atoms with van der Waals surface area (Å²) in [6.45, 7) is 0. The Labute approximate surface area is 95.9 Å². The van der Waals surface area contributed by atoms with Crippen molar-refractivity contribution in [3.8, 4) is 0 Å². The molecule has 4 fully saturated rings. The molecule has 2 unspecified atom stereocenters. The van der Waals surface area contributed by atoms with Crippen LogP contribution in [0.4, 0.5) is 4.79 Å². The van der Waals surface area contributed by atoms with Crippen molar-refractivity contribution in [1.29, 1.82) is 0 Å². The van der Waals surface area contributed by atoms with Gasteiger partial charge in [0.25, 0.3) is 0 Å². The Morgan fingerprint density at radius 3 is 2.44 bits per heavy atom. The zero-order valence-electron chi connectivity index (χ0n) is 9.79. The van der Waals surface area contributed by atoms with Gasteiger partial charge in [0, 0.05) is 11.1 Å². The van der Waals surface area contributed by atoms with Crippen molar-refractivity contribution in [2.75, 3.05) is 7.11 Å². The summed E-state index contributed by atoms with van der Waals surface area (Å²) in [6.07, 6.45) is 6.42. The fraction of sp³-hybridized carbons (Fsp3) is 0.917. The van der Waals surface area contributed by atoms with E-state index in [0.29, 0.717) is 11.8 Å². The predicted octanol–water partition coefficient (Wildman–Crippen LogP) is 1.39. The van der Waals surface area contributed by atoms with Gasteiger partial charge in [-0.1, -0.05) is 0 Å². The first kappa shape index (κ1) is 10.4. The molecular formula is C12H20N2O2. The van der Waals surface area contributed by atoms with Crippen molar-refractivity contribution >= 4 is 6.09 Å². The first-order valence-electron chi connectivity index (χ1n) is 6.18. The molecule has 90 valence electrons. The summed E-state index contributed by atoms with van der Waals surface area (Å²) in [5, 5.41) is 3.06. The van der Waals surface area contributed by atoms with Gasteiger partial charge >= 0.3 is 6.09 Å². The second-order valence-corrected chi connectivity index (χ2v) is 6.22. The van der Waals surface area contributed by atoms with Crippen LogP contribution in [-0.2, 0) is 4.74 Å². The number of hydrogen-bond donors (Lipinski definition) is 2. The summed E-state index contributed by atoms with van der Waals surface area (Å²) in [6, 6.07) is 0. The van der Waals surface area contributed by atoms with E-state index in [1.54, 1.807) is 0 Å². The van der Waals surface area contributed by atoms with Gasteiger partial charge in [0.2, 0.25) is 0 Å². The zero-order valence-corrected chi connectivity index (χ0v) is 9.79. The third kappa shape index (κ3) is 1.51. The number of nitrogens with one attached hydrogen (secondary N) is 1. The molecule has 0 spiro atoms. The van der Waals surface area contributed by atoms with Crippen LogP contribution in [0.25, 0.3) is 0 Å². The van der Waals surface area contributed by atoms with Gasteiger partial charge in [-0.15, -0.1) is 0 Å². The quantitative estimate of drug-likeness (QED) is 0.707. The molecule has 4 nitrogen and oxygen atoms in total. The molecule has 0 aromatic heterocycles. The fourth-order valence-corrected chi connectivity index (χ4v) is 4.75. The number of ether oxygens (including phenoxy) is 1. The SMILES string of the molecule is COC(=O)NC12CC3CC(CC(N)(C3)C1)C2. The maximum absolute atomic E-state index is 11.4. The first-order chi connectivity index (χ1) is 7.53. The Hall–Kier alpha value is -0.770. The van der Waals surface area contributed by atoms with Gasteiger partial charge in [-0.2, -0.15) is 0 Å². The van der Waals surface area contributed by atoms with E-state index in [-0.39, 0.29) is 17.2 Å². The molecule has 1 amide bonds. The Morgan fingerprint density at radius 1 is 1.31 bits per heavy atom. The Morgan fingerprint density at radius 2 is 1.94 bits per heavy atom. The summed E-state index contributed by atoms with van der Waals surface area (Å²) in [7, 11) is 1.42. The molecule has 4 bridgehead atoms. The third-order valence-corrected chi connectivity index (χ3v) is 4.66. The van der Waals surface area contributed by atoms with Crippen LogP contribution in [-0.4, -0.2) is 24.3 Å². The average molecular weight is 224 g/mol. The summed E-state index contributed by atoms with van der Waals surface area (Å²) < 4.78 is 4.73. The molecule has 3 N–H and O–H groups in total. The summed E-state index contributed by atoms with van der Waals surface area (Å²) >= 11 is 0. The van der Waals surface area contributed by atoms with Crippen LogP contribution in [0.15, 0.2) is 0 Å². The van der Waals surface area contributed by atoms with Gasteiger partial charge in [-0.05, 0) is 50.4 Å². The molecule has 0 radical (unpaired) electrons. The Balaban J connectivity index is 1.83. The van der Waals surface area contributed by atoms with Crippen molar-refractivity contribution in [3.05, 3.63) is 0 Å². The molecule has 0 heterocycles. The van der Waals surface area contributed by atoms with Crippen LogP contribution in [0.1, 0.15) is 38.5 Å². The van der Waals surface area contributed by atoms with Crippen molar-refractivity contribution in [3.63, 3.8) is 0 Å². The highest BCUT2D eigenvalue weighted by Crippen LogP contribution is 2.56. The molecule has 4 saturated carbocycles. The topological polar surface area (TPSA) is 64.3 Å². The highest BCUT2D eigenvalue weighted by atomic mass is 16.5. The van der Waals surface area contributed by atoms with E-state index in [1.165, 1.54) is 13.5 Å². The monoisotopic (exact) mass is 224 g/mol. The molecule has 4 aliphatic rings. The van der Waals surface area contributed by atoms with Crippen LogP contribution in [0.5, 0.6) is 0 Å². The van der Waals surface area contributed by atoms with E-state index in [0.717, 1.165) is 32.1 Å². The normalized spacial score (nSPS) is 49.1. The molecule has 2 atom stereocenters. The second-order valence-electron chi connectivity index (χ2n) is 6.22. The predicted molar refractivity (Wildman–Crippen MR) is 59.9 cm³/mol. The zero-order chi connectivity index (χ0) is 11.4. The van der Waals surface area contributed by atoms with E-state index in [9.17, 15) is 4.79 Å². The van der Waals surface area contributed by atoms with E-state index >= 15 is 0 Å². The highest BCUT2D eigenvalue weighted by Gasteiger charge is 2.56. The Kier molecular flexibility index (Phi) is 2.03. The molecule has 0 aromatic carbocycles. The van der Waals surface area contributed by atoms with Crippen molar-refractivity contribution < 1.29 is 9.53 Å². The minimum absolute atomic E-state index is 0.0227. The molecular weight excluding hydrogens is 204 g/mol. The lowest BCUT2D eigenvalue weighted by Gasteiger charge is -2.60. The molecule has 0 aliphatic heterocycles. The maximum Gasteiger partial charge on any atom is 0.407 e. The lowest BCUT2D eigenvalue weighted by atomic mass is 9.50. The number of rotatable bonds is 1. The number of carbonyl (C=O) groups excluding carboxylic acids is 1. The summed E-state index contributed by atoms with van der Waals surface area (Å²) in [4.78, 5) is 11.4. The lowest BCUT2D eigenvalue weighted by Crippen LogP contribution is -2.68. The minimum atomic E-state index is -0.300.